The van der Waals surface area contributed by atoms with Crippen LogP contribution in [0.15, 0.2) is 106 Å². The van der Waals surface area contributed by atoms with Crippen molar-refractivity contribution in [2.45, 2.75) is 449 Å². The highest BCUT2D eigenvalue weighted by Gasteiger charge is 2.66. The monoisotopic (exact) mass is 1930 g/mol. The van der Waals surface area contributed by atoms with Crippen LogP contribution in [0, 0.1) is 85.8 Å². The molecule has 11 aliphatic carbocycles. The first-order valence-corrected chi connectivity index (χ1v) is 48.5. The van der Waals surface area contributed by atoms with E-state index in [0.29, 0.717) is 87.9 Å². The number of ether oxygens (including phenoxy) is 8. The van der Waals surface area contributed by atoms with Crippen molar-refractivity contribution in [3.63, 3.8) is 0 Å². The standard InChI is InChI=1S/C19H32O2.C18H15S.C16H26O3.C15H22O7S.C12H22O2.C10H16O4.C9H18NO2.12CH4/c1-6-18(4,5)17(20)21-19(12(2)3)15-8-13-7-14(10-15)11-16(19)9-13;1-4-10-16(11-5-1)19(17-12-6-2-7-13-17)18-14-8-3-9-15-18;1-4-14(2,3)13(17)19-16-8-11-5-12(9-16)7-15(18,6-11)10-16;1-4-15(2,3)14(17)20-7-11(16)21-12-8-5-9-10(6-8)23(18,19)22-13(9)12;1-5-11(2,3)10(13)14-12(4)8-6-7-9-12;1-4-10(2,3)9(12)14-7-5-6-13-8(7)11;1-5-9(2,3)8(11)12-7-6-10-4;;;;;;;;;;;;/h12-16H,6-11H2,1-5H3;1-15H;11-12,18H,4-10H2,1-3H3;8-10,12-13H,4-7H2,1-3H3;5-9H2,1-4H3;7H,4-6H2,1-3H3;5-7H2,1-4H3;12*1H4/q;+1;;;;;-1;;;;;;;;;;;;. The second-order valence-corrected chi connectivity index (χ2v) is 45.0. The number of cyclic esters (lactones) is 1. The summed E-state index contributed by atoms with van der Waals surface area (Å²) in [5.74, 6) is 2.46. The van der Waals surface area contributed by atoms with E-state index < -0.39 is 80.0 Å². The molecule has 2 saturated heterocycles. The maximum absolute atomic E-state index is 12.8. The third kappa shape index (κ3) is 34.3. The van der Waals surface area contributed by atoms with Gasteiger partial charge in [-0.1, -0.05) is 199 Å². The molecule has 23 heteroatoms. The third-order valence-corrected chi connectivity index (χ3v) is 33.1. The molecule has 1 N–H and O–H groups in total. The summed E-state index contributed by atoms with van der Waals surface area (Å²) in [5, 5.41) is 14.0. The number of esters is 8. The first kappa shape index (κ1) is 136. The van der Waals surface area contributed by atoms with Crippen LogP contribution in [-0.2, 0) is 101 Å². The Labute approximate surface area is 822 Å². The highest BCUT2D eigenvalue weighted by atomic mass is 32.2. The third-order valence-electron chi connectivity index (χ3n) is 29.1. The van der Waals surface area contributed by atoms with Gasteiger partial charge in [-0.2, -0.15) is 15.5 Å². The van der Waals surface area contributed by atoms with Crippen molar-refractivity contribution in [2.75, 3.05) is 33.4 Å². The molecule has 0 spiro atoms. The lowest BCUT2D eigenvalue weighted by Gasteiger charge is -2.62. The molecule has 134 heavy (non-hydrogen) atoms. The highest BCUT2D eigenvalue weighted by Crippen LogP contribution is 2.63. The lowest BCUT2D eigenvalue weighted by Crippen LogP contribution is -2.63. The number of rotatable bonds is 26. The minimum Gasteiger partial charge on any atom is -0.662 e. The second kappa shape index (κ2) is 56.7. The number of carbonyl (C=O) groups excluding carboxylic acids is 8. The van der Waals surface area contributed by atoms with Gasteiger partial charge in [0.25, 0.3) is 10.1 Å². The summed E-state index contributed by atoms with van der Waals surface area (Å²) in [6.07, 6.45) is 21.1. The fourth-order valence-corrected chi connectivity index (χ4v) is 23.4. The van der Waals surface area contributed by atoms with E-state index in [0.717, 1.165) is 76.0 Å². The van der Waals surface area contributed by atoms with E-state index >= 15 is 0 Å². The number of fused-ring (bicyclic) bond motifs is 1. The molecule has 0 radical (unpaired) electrons. The van der Waals surface area contributed by atoms with Gasteiger partial charge in [0.15, 0.2) is 21.3 Å². The molecule has 2 heterocycles. The molecule has 2 aliphatic heterocycles. The van der Waals surface area contributed by atoms with Gasteiger partial charge in [0.05, 0.1) is 67.4 Å². The minimum atomic E-state index is -3.53. The van der Waals surface area contributed by atoms with Crippen LogP contribution in [0.3, 0.4) is 0 Å². The minimum absolute atomic E-state index is 0. The van der Waals surface area contributed by atoms with Crippen molar-refractivity contribution in [2.24, 2.45) is 85.8 Å². The average Bonchev–Trinajstić information content (AvgIpc) is 1.55. The summed E-state index contributed by atoms with van der Waals surface area (Å²) in [7, 11) is -1.83. The van der Waals surface area contributed by atoms with Gasteiger partial charge in [-0.25, -0.2) is 9.59 Å². The summed E-state index contributed by atoms with van der Waals surface area (Å²) in [4.78, 5) is 98.7. The second-order valence-electron chi connectivity index (χ2n) is 41.2. The van der Waals surface area contributed by atoms with Crippen LogP contribution in [-0.4, -0.2) is 141 Å². The Morgan fingerprint density at radius 2 is 0.873 bits per heavy atom. The highest BCUT2D eigenvalue weighted by molar-refractivity contribution is 7.97. The van der Waals surface area contributed by atoms with Gasteiger partial charge in [-0.15, -0.1) is 6.54 Å². The number of hydrogen-bond acceptors (Lipinski definition) is 20. The zero-order chi connectivity index (χ0) is 90.4. The molecular weight excluding hydrogens is 1730 g/mol. The predicted octanol–water partition coefficient (Wildman–Crippen LogP) is 27.8. The van der Waals surface area contributed by atoms with Crippen molar-refractivity contribution in [3.8, 4) is 0 Å². The summed E-state index contributed by atoms with van der Waals surface area (Å²) in [6, 6.07) is 32.2. The van der Waals surface area contributed by atoms with Crippen LogP contribution >= 0.6 is 0 Å². The molecule has 16 rings (SSSR count). The number of hydrogen-bond donors (Lipinski definition) is 1. The van der Waals surface area contributed by atoms with Gasteiger partial charge in [-0.3, -0.25) is 33.0 Å². The zero-order valence-electron chi connectivity index (χ0n) is 77.9. The molecular formula is C111H199NO20S2. The lowest BCUT2D eigenvalue weighted by molar-refractivity contribution is -0.231. The Morgan fingerprint density at radius 1 is 0.493 bits per heavy atom. The Morgan fingerprint density at radius 3 is 1.25 bits per heavy atom. The van der Waals surface area contributed by atoms with E-state index in [-0.39, 0.29) is 175 Å². The maximum atomic E-state index is 12.8. The van der Waals surface area contributed by atoms with E-state index in [1.165, 1.54) is 66.1 Å². The predicted molar refractivity (Wildman–Crippen MR) is 554 cm³/mol. The molecule has 3 aromatic rings. The lowest BCUT2D eigenvalue weighted by atomic mass is 9.47. The van der Waals surface area contributed by atoms with Crippen molar-refractivity contribution < 1.29 is 94.0 Å². The quantitative estimate of drug-likeness (QED) is 0.0257. The molecule has 8 unspecified atom stereocenters. The molecule has 8 atom stereocenters. The van der Waals surface area contributed by atoms with Gasteiger partial charge >= 0.3 is 47.8 Å². The van der Waals surface area contributed by atoms with E-state index in [9.17, 15) is 51.9 Å². The van der Waals surface area contributed by atoms with Crippen LogP contribution in [0.4, 0.5) is 0 Å². The molecule has 780 valence electrons. The topological polar surface area (TPSA) is 288 Å². The first-order valence-electron chi connectivity index (χ1n) is 45.8. The molecule has 13 fully saturated rings. The smallest absolute Gasteiger partial charge is 0.347 e. The Balaban J connectivity index is -0.000000481. The SMILES string of the molecule is C.C.C.C.C.C.C.C.C.C.C.C.CCC(C)(C)C(=O)OC1(C(C)C)C2CC3CC(C2)CC1C3.CCC(C)(C)C(=O)OC1(C)CCCC1.CCC(C)(C)C(=O)OC12CC3CC(CC(O)(C3)C1)C2.CCC(C)(C)C(=O)OC1CCOC1=O.CCC(C)(C)C(=O)OCC(=O)OC1C2CC3C1OS(=O)(=O)C3C2.CCC(C)(C)C(=O)OCC[N-]C.c1ccc([S+](c2ccccc2)c2ccccc2)cc1. The number of nitrogens with zero attached hydrogens (tertiary/aromatic N) is 1. The van der Waals surface area contributed by atoms with Gasteiger partial charge in [0.2, 0.25) is 6.10 Å². The molecule has 21 nitrogen and oxygen atoms in total. The van der Waals surface area contributed by atoms with E-state index in [1.54, 1.807) is 34.7 Å². The molecule has 13 aliphatic rings. The largest absolute Gasteiger partial charge is 0.662 e. The summed E-state index contributed by atoms with van der Waals surface area (Å²) < 4.78 is 71.9. The van der Waals surface area contributed by atoms with Crippen LogP contribution in [0.5, 0.6) is 0 Å². The van der Waals surface area contributed by atoms with Crippen molar-refractivity contribution >= 4 is 68.8 Å². The normalized spacial score (nSPS) is 26.1. The fourth-order valence-electron chi connectivity index (χ4n) is 19.4. The van der Waals surface area contributed by atoms with Crippen LogP contribution < -0.4 is 0 Å². The van der Waals surface area contributed by atoms with E-state index in [2.05, 4.69) is 124 Å². The van der Waals surface area contributed by atoms with E-state index in [4.69, 9.17) is 42.1 Å². The average molecular weight is 1930 g/mol. The first-order chi connectivity index (χ1) is 57.1. The Hall–Kier alpha value is -6.40. The Bertz CT molecular complexity index is 3940. The summed E-state index contributed by atoms with van der Waals surface area (Å²) in [5.41, 5.74) is -3.88. The molecule has 0 amide bonds. The molecule has 3 aromatic carbocycles. The summed E-state index contributed by atoms with van der Waals surface area (Å²) >= 11 is 0. The van der Waals surface area contributed by atoms with Gasteiger partial charge in [-0.05, 0) is 309 Å². The number of carbonyl (C=O) groups is 8. The maximum Gasteiger partial charge on any atom is 0.347 e. The van der Waals surface area contributed by atoms with Crippen LogP contribution in [0.2, 0.25) is 0 Å². The number of benzene rings is 3. The van der Waals surface area contributed by atoms with E-state index in [1.807, 2.05) is 90.0 Å². The van der Waals surface area contributed by atoms with Gasteiger partial charge < -0.3 is 48.3 Å². The fraction of sp³-hybridized carbons (Fsp3) is 0.766. The molecule has 0 aromatic heterocycles. The zero-order valence-corrected chi connectivity index (χ0v) is 79.6. The number of likely N-dealkylation sites (N-methyl/N-ethyl adjacent to an activating group) is 1. The Kier molecular flexibility index (Phi) is 57.6. The van der Waals surface area contributed by atoms with Crippen LogP contribution in [0.25, 0.3) is 5.32 Å². The van der Waals surface area contributed by atoms with Crippen molar-refractivity contribution in [1.82, 2.24) is 0 Å². The molecule has 10 bridgehead atoms. The number of aliphatic hydroxyl groups is 1. The van der Waals surface area contributed by atoms with Crippen LogP contribution in [0.1, 0.15) is 389 Å². The molecule has 11 saturated carbocycles. The van der Waals surface area contributed by atoms with Gasteiger partial charge in [0.1, 0.15) is 29.0 Å². The van der Waals surface area contributed by atoms with Crippen molar-refractivity contribution in [1.29, 1.82) is 0 Å². The van der Waals surface area contributed by atoms with Crippen molar-refractivity contribution in [3.05, 3.63) is 96.3 Å². The van der Waals surface area contributed by atoms with Gasteiger partial charge in [0, 0.05) is 24.7 Å². The summed E-state index contributed by atoms with van der Waals surface area (Å²) in [6.45, 7) is 42.1.